The van der Waals surface area contributed by atoms with E-state index in [9.17, 15) is 0 Å². The number of nitrogens with zero attached hydrogens (tertiary/aromatic N) is 5. The summed E-state index contributed by atoms with van der Waals surface area (Å²) in [6, 6.07) is 12.0. The second kappa shape index (κ2) is 9.95. The third-order valence-electron chi connectivity index (χ3n) is 5.94. The Hall–Kier alpha value is -3.60. The van der Waals surface area contributed by atoms with Crippen molar-refractivity contribution in [1.29, 1.82) is 0 Å². The van der Waals surface area contributed by atoms with E-state index in [2.05, 4.69) is 25.4 Å². The number of ether oxygens (including phenoxy) is 2. The Kier molecular flexibility index (Phi) is 6.22. The highest BCUT2D eigenvalue weighted by molar-refractivity contribution is 7.17. The SMILES string of the molecule is c1cc(OCCCN2CCOCC2)cc(-c2nc(Nc3cnc4[nH]ncc4c3)c3sccc3n2)c1. The molecular weight excluding hydrogens is 462 g/mol. The van der Waals surface area contributed by atoms with E-state index in [1.807, 2.05) is 41.8 Å². The number of H-pyrrole nitrogens is 1. The topological polar surface area (TPSA) is 101 Å². The quantitative estimate of drug-likeness (QED) is 0.309. The Morgan fingerprint density at radius 1 is 1.11 bits per heavy atom. The number of hydrogen-bond donors (Lipinski definition) is 2. The highest BCUT2D eigenvalue weighted by Gasteiger charge is 2.13. The normalized spacial score (nSPS) is 14.5. The minimum absolute atomic E-state index is 0.648. The van der Waals surface area contributed by atoms with E-state index in [1.165, 1.54) is 0 Å². The highest BCUT2D eigenvalue weighted by Crippen LogP contribution is 2.32. The number of aromatic amines is 1. The summed E-state index contributed by atoms with van der Waals surface area (Å²) in [5.74, 6) is 2.22. The fraction of sp³-hybridized carbons (Fsp3) is 0.280. The van der Waals surface area contributed by atoms with Crippen molar-refractivity contribution in [3.05, 3.63) is 54.2 Å². The van der Waals surface area contributed by atoms with E-state index in [4.69, 9.17) is 19.4 Å². The van der Waals surface area contributed by atoms with Crippen molar-refractivity contribution in [2.75, 3.05) is 44.8 Å². The molecule has 0 amide bonds. The van der Waals surface area contributed by atoms with E-state index in [0.29, 0.717) is 12.4 Å². The average Bonchev–Trinajstić information content (AvgIpc) is 3.57. The van der Waals surface area contributed by atoms with Gasteiger partial charge in [-0.1, -0.05) is 12.1 Å². The number of nitrogens with one attached hydrogen (secondary N) is 2. The molecular formula is C25H25N7O2S. The Morgan fingerprint density at radius 3 is 3.00 bits per heavy atom. The third-order valence-corrected chi connectivity index (χ3v) is 6.85. The van der Waals surface area contributed by atoms with E-state index in [0.717, 1.165) is 83.3 Å². The molecule has 1 aliphatic rings. The largest absolute Gasteiger partial charge is 0.494 e. The molecule has 1 fully saturated rings. The van der Waals surface area contributed by atoms with Gasteiger partial charge in [0.05, 0.1) is 48.1 Å². The van der Waals surface area contributed by atoms with Crippen LogP contribution in [0.5, 0.6) is 5.75 Å². The van der Waals surface area contributed by atoms with Gasteiger partial charge in [0, 0.05) is 30.6 Å². The zero-order valence-corrected chi connectivity index (χ0v) is 19.9. The Morgan fingerprint density at radius 2 is 2.06 bits per heavy atom. The molecule has 5 aromatic rings. The summed E-state index contributed by atoms with van der Waals surface area (Å²) in [5, 5.41) is 13.3. The third kappa shape index (κ3) is 4.95. The summed E-state index contributed by atoms with van der Waals surface area (Å²) in [5.41, 5.74) is 3.41. The predicted octanol–water partition coefficient (Wildman–Crippen LogP) is 4.47. The lowest BCUT2D eigenvalue weighted by molar-refractivity contribution is 0.0358. The lowest BCUT2D eigenvalue weighted by atomic mass is 10.2. The van der Waals surface area contributed by atoms with Gasteiger partial charge in [-0.2, -0.15) is 5.10 Å². The molecule has 9 nitrogen and oxygen atoms in total. The van der Waals surface area contributed by atoms with Crippen LogP contribution in [0.15, 0.2) is 54.2 Å². The molecule has 0 bridgehead atoms. The van der Waals surface area contributed by atoms with Crippen LogP contribution < -0.4 is 10.1 Å². The van der Waals surface area contributed by atoms with Gasteiger partial charge < -0.3 is 14.8 Å². The standard InChI is InChI=1S/C25H25N7O2S/c1-3-17(14-20(4-1)34-9-2-6-32-7-10-33-11-8-32)24-29-21-5-12-35-22(21)25(30-24)28-19-13-18-15-27-31-23(18)26-16-19/h1,3-5,12-16H,2,6-11H2,(H,26,27,31)(H,28,29,30). The van der Waals surface area contributed by atoms with Gasteiger partial charge in [-0.15, -0.1) is 11.3 Å². The molecule has 10 heteroatoms. The molecule has 2 N–H and O–H groups in total. The first kappa shape index (κ1) is 21.9. The predicted molar refractivity (Wildman–Crippen MR) is 137 cm³/mol. The molecule has 1 saturated heterocycles. The molecule has 0 saturated carbocycles. The molecule has 0 atom stereocenters. The molecule has 0 unspecified atom stereocenters. The maximum absolute atomic E-state index is 6.05. The first-order valence-corrected chi connectivity index (χ1v) is 12.5. The first-order chi connectivity index (χ1) is 17.3. The van der Waals surface area contributed by atoms with Gasteiger partial charge in [-0.3, -0.25) is 10.00 Å². The van der Waals surface area contributed by atoms with Gasteiger partial charge in [-0.25, -0.2) is 15.0 Å². The van der Waals surface area contributed by atoms with Crippen molar-refractivity contribution in [3.63, 3.8) is 0 Å². The molecule has 0 radical (unpaired) electrons. The summed E-state index contributed by atoms with van der Waals surface area (Å²) in [6.45, 7) is 5.34. The van der Waals surface area contributed by atoms with Crippen molar-refractivity contribution >= 4 is 44.1 Å². The number of hydrogen-bond acceptors (Lipinski definition) is 9. The van der Waals surface area contributed by atoms with Crippen LogP contribution in [-0.2, 0) is 4.74 Å². The molecule has 4 aromatic heterocycles. The van der Waals surface area contributed by atoms with Crippen LogP contribution in [0.25, 0.3) is 32.6 Å². The summed E-state index contributed by atoms with van der Waals surface area (Å²) in [4.78, 5) is 16.5. The summed E-state index contributed by atoms with van der Waals surface area (Å²) in [7, 11) is 0. The van der Waals surface area contributed by atoms with Crippen molar-refractivity contribution < 1.29 is 9.47 Å². The molecule has 0 aliphatic carbocycles. The Bertz CT molecular complexity index is 1440. The minimum atomic E-state index is 0.648. The molecule has 6 rings (SSSR count). The number of aromatic nitrogens is 5. The molecule has 178 valence electrons. The van der Waals surface area contributed by atoms with Crippen LogP contribution in [0.1, 0.15) is 6.42 Å². The Labute approximate surface area is 206 Å². The fourth-order valence-corrected chi connectivity index (χ4v) is 4.92. The molecule has 1 aliphatic heterocycles. The second-order valence-electron chi connectivity index (χ2n) is 8.37. The van der Waals surface area contributed by atoms with Gasteiger partial charge in [0.2, 0.25) is 0 Å². The van der Waals surface area contributed by atoms with Crippen LogP contribution >= 0.6 is 11.3 Å². The first-order valence-electron chi connectivity index (χ1n) is 11.7. The van der Waals surface area contributed by atoms with Gasteiger partial charge in [0.15, 0.2) is 17.3 Å². The number of benzene rings is 1. The van der Waals surface area contributed by atoms with Gasteiger partial charge in [0.1, 0.15) is 5.75 Å². The lowest BCUT2D eigenvalue weighted by Gasteiger charge is -2.26. The zero-order chi connectivity index (χ0) is 23.5. The molecule has 0 spiro atoms. The van der Waals surface area contributed by atoms with Crippen molar-refractivity contribution in [2.45, 2.75) is 6.42 Å². The average molecular weight is 488 g/mol. The van der Waals surface area contributed by atoms with E-state index >= 15 is 0 Å². The smallest absolute Gasteiger partial charge is 0.162 e. The van der Waals surface area contributed by atoms with Crippen molar-refractivity contribution in [3.8, 4) is 17.1 Å². The maximum atomic E-state index is 6.05. The van der Waals surface area contributed by atoms with Gasteiger partial charge >= 0.3 is 0 Å². The van der Waals surface area contributed by atoms with Crippen LogP contribution in [0, 0.1) is 0 Å². The van der Waals surface area contributed by atoms with E-state index in [-0.39, 0.29) is 0 Å². The number of morpholine rings is 1. The molecule has 5 heterocycles. The number of pyridine rings is 1. The molecule has 1 aromatic carbocycles. The number of rotatable bonds is 8. The maximum Gasteiger partial charge on any atom is 0.162 e. The summed E-state index contributed by atoms with van der Waals surface area (Å²) in [6.07, 6.45) is 4.50. The second-order valence-corrected chi connectivity index (χ2v) is 9.29. The Balaban J connectivity index is 1.20. The fourth-order valence-electron chi connectivity index (χ4n) is 4.15. The van der Waals surface area contributed by atoms with E-state index < -0.39 is 0 Å². The van der Waals surface area contributed by atoms with Crippen molar-refractivity contribution in [2.24, 2.45) is 0 Å². The van der Waals surface area contributed by atoms with Gasteiger partial charge in [-0.05, 0) is 36.1 Å². The number of fused-ring (bicyclic) bond motifs is 2. The monoisotopic (exact) mass is 487 g/mol. The zero-order valence-electron chi connectivity index (χ0n) is 19.1. The lowest BCUT2D eigenvalue weighted by Crippen LogP contribution is -2.37. The van der Waals surface area contributed by atoms with Crippen LogP contribution in [-0.4, -0.2) is 69.5 Å². The minimum Gasteiger partial charge on any atom is -0.494 e. The van der Waals surface area contributed by atoms with Gasteiger partial charge in [0.25, 0.3) is 0 Å². The molecule has 35 heavy (non-hydrogen) atoms. The summed E-state index contributed by atoms with van der Waals surface area (Å²) >= 11 is 1.61. The number of thiophene rings is 1. The van der Waals surface area contributed by atoms with E-state index in [1.54, 1.807) is 23.7 Å². The van der Waals surface area contributed by atoms with Crippen LogP contribution in [0.4, 0.5) is 11.5 Å². The summed E-state index contributed by atoms with van der Waals surface area (Å²) < 4.78 is 12.5. The van der Waals surface area contributed by atoms with Crippen LogP contribution in [0.2, 0.25) is 0 Å². The highest BCUT2D eigenvalue weighted by atomic mass is 32.1. The van der Waals surface area contributed by atoms with Crippen molar-refractivity contribution in [1.82, 2.24) is 30.0 Å². The number of anilines is 2. The van der Waals surface area contributed by atoms with Crippen LogP contribution in [0.3, 0.4) is 0 Å².